The molecule has 10 rings (SSSR count). The van der Waals surface area contributed by atoms with E-state index in [0.29, 0.717) is 70.6 Å². The predicted octanol–water partition coefficient (Wildman–Crippen LogP) is 8.82. The van der Waals surface area contributed by atoms with Gasteiger partial charge in [-0.1, -0.05) is 92.5 Å². The molecule has 5 aromatic carbocycles. The Morgan fingerprint density at radius 3 is 1.90 bits per heavy atom. The first-order valence-electron chi connectivity index (χ1n) is 20.9. The molecule has 5 heterocycles. The molecule has 10 aromatic rings. The van der Waals surface area contributed by atoms with Crippen LogP contribution in [0.1, 0.15) is 47.9 Å². The Labute approximate surface area is 414 Å². The quantitative estimate of drug-likeness (QED) is 0.0474. The summed E-state index contributed by atoms with van der Waals surface area (Å²) in [6.07, 6.45) is -1.97. The van der Waals surface area contributed by atoms with E-state index in [1.165, 1.54) is 11.3 Å². The molecule has 0 bridgehead atoms. The number of ether oxygens (including phenoxy) is 1. The lowest BCUT2D eigenvalue weighted by Crippen LogP contribution is -2.27. The van der Waals surface area contributed by atoms with Crippen LogP contribution in [0.5, 0.6) is 0 Å². The minimum atomic E-state index is -1.48. The summed E-state index contributed by atoms with van der Waals surface area (Å²) in [5.74, 6) is -2.56. The van der Waals surface area contributed by atoms with Gasteiger partial charge in [0.05, 0.1) is 45.1 Å². The molecular formula is C47H32Br2N14O6S. The molecule has 0 spiro atoms. The highest BCUT2D eigenvalue weighted by Gasteiger charge is 2.29. The number of para-hydroxylation sites is 2. The molecule has 70 heavy (non-hydrogen) atoms. The average molecular weight is 1080 g/mol. The molecule has 0 aliphatic carbocycles. The minimum Gasteiger partial charge on any atom is -0.447 e. The number of aromatic nitrogens is 10. The molecule has 20 nitrogen and oxygen atoms in total. The Balaban J connectivity index is 0.939. The molecule has 4 amide bonds. The van der Waals surface area contributed by atoms with Gasteiger partial charge in [0.1, 0.15) is 11.4 Å². The zero-order valence-electron chi connectivity index (χ0n) is 35.7. The summed E-state index contributed by atoms with van der Waals surface area (Å²) in [5.41, 5.74) is 3.92. The van der Waals surface area contributed by atoms with Crippen molar-refractivity contribution in [2.45, 2.75) is 12.5 Å². The molecule has 1 unspecified atom stereocenters. The second-order valence-electron chi connectivity index (χ2n) is 15.3. The normalized spacial score (nSPS) is 11.6. The van der Waals surface area contributed by atoms with Crippen molar-refractivity contribution in [3.63, 3.8) is 0 Å². The van der Waals surface area contributed by atoms with E-state index < -0.39 is 36.2 Å². The van der Waals surface area contributed by atoms with Gasteiger partial charge in [-0.05, 0) is 76.5 Å². The molecule has 0 radical (unpaired) electrons. The zero-order valence-corrected chi connectivity index (χ0v) is 39.7. The number of H-pyrrole nitrogens is 4. The van der Waals surface area contributed by atoms with Gasteiger partial charge in [-0.2, -0.15) is 10.4 Å². The maximum absolute atomic E-state index is 14.4. The van der Waals surface area contributed by atoms with Crippen molar-refractivity contribution in [2.24, 2.45) is 0 Å². The fourth-order valence-corrected chi connectivity index (χ4v) is 9.03. The number of nitrogens with zero attached hydrogens (tertiary/aromatic N) is 6. The van der Waals surface area contributed by atoms with Gasteiger partial charge in [0.2, 0.25) is 17.8 Å². The SMILES string of the molecule is O=C(Cc1c(C(=O)Nc2ccc(Br)cc2-c2nn[nH]n2)[nH]c2c(NC(=O)c3cccs3)cccc12)OC(C(=O)Nc1cccc2cc(C(=O)Nc3ccc(Br)cc3-c3nn[nH]n3)[nH]c12)c1ccccc1. The van der Waals surface area contributed by atoms with Crippen LogP contribution >= 0.6 is 43.2 Å². The molecule has 0 fully saturated rings. The maximum atomic E-state index is 14.4. The first kappa shape index (κ1) is 45.1. The van der Waals surface area contributed by atoms with Crippen LogP contribution in [0.2, 0.25) is 0 Å². The lowest BCUT2D eigenvalue weighted by molar-refractivity contribution is -0.154. The summed E-state index contributed by atoms with van der Waals surface area (Å²) >= 11 is 8.16. The molecule has 346 valence electrons. The van der Waals surface area contributed by atoms with Gasteiger partial charge in [0, 0.05) is 42.0 Å². The number of thiophene rings is 1. The number of aromatic amines is 4. The van der Waals surface area contributed by atoms with Gasteiger partial charge in [-0.25, -0.2) is 0 Å². The van der Waals surface area contributed by atoms with Crippen LogP contribution in [0.4, 0.5) is 22.7 Å². The molecule has 5 aromatic heterocycles. The second-order valence-corrected chi connectivity index (χ2v) is 18.1. The van der Waals surface area contributed by atoms with Gasteiger partial charge < -0.3 is 36.0 Å². The number of halogens is 2. The van der Waals surface area contributed by atoms with Crippen LogP contribution in [0.25, 0.3) is 44.6 Å². The molecule has 0 aliphatic heterocycles. The Hall–Kier alpha value is -8.67. The number of fused-ring (bicyclic) bond motifs is 2. The van der Waals surface area contributed by atoms with E-state index in [1.54, 1.807) is 127 Å². The number of carbonyl (C=O) groups is 5. The third-order valence-corrected chi connectivity index (χ3v) is 12.7. The molecule has 8 N–H and O–H groups in total. The number of benzene rings is 5. The van der Waals surface area contributed by atoms with E-state index in [1.807, 2.05) is 0 Å². The molecular weight excluding hydrogens is 1050 g/mol. The van der Waals surface area contributed by atoms with Crippen LogP contribution < -0.4 is 21.3 Å². The molecule has 0 aliphatic rings. The second kappa shape index (κ2) is 19.5. The first-order chi connectivity index (χ1) is 34.1. The highest BCUT2D eigenvalue weighted by molar-refractivity contribution is 9.10. The van der Waals surface area contributed by atoms with E-state index in [-0.39, 0.29) is 34.5 Å². The van der Waals surface area contributed by atoms with Crippen LogP contribution in [-0.4, -0.2) is 80.8 Å². The zero-order chi connectivity index (χ0) is 48.3. The molecule has 0 saturated heterocycles. The van der Waals surface area contributed by atoms with Gasteiger partial charge in [-0.3, -0.25) is 24.0 Å². The summed E-state index contributed by atoms with van der Waals surface area (Å²) in [6, 6.07) is 34.0. The lowest BCUT2D eigenvalue weighted by atomic mass is 10.1. The fraction of sp³-hybridized carbons (Fsp3) is 0.0426. The van der Waals surface area contributed by atoms with Crippen LogP contribution in [0, 0.1) is 0 Å². The highest BCUT2D eigenvalue weighted by atomic mass is 79.9. The van der Waals surface area contributed by atoms with Crippen molar-refractivity contribution >= 4 is 117 Å². The average Bonchev–Trinajstić information content (AvgIpc) is 4.23. The largest absolute Gasteiger partial charge is 0.447 e. The van der Waals surface area contributed by atoms with Crippen molar-refractivity contribution in [3.8, 4) is 22.8 Å². The number of carbonyl (C=O) groups excluding carboxylic acids is 5. The van der Waals surface area contributed by atoms with Crippen molar-refractivity contribution in [3.05, 3.63) is 163 Å². The van der Waals surface area contributed by atoms with Crippen LogP contribution in [0.3, 0.4) is 0 Å². The van der Waals surface area contributed by atoms with E-state index in [9.17, 15) is 24.0 Å². The summed E-state index contributed by atoms with van der Waals surface area (Å²) in [5, 5.41) is 42.8. The first-order valence-corrected chi connectivity index (χ1v) is 23.4. The monoisotopic (exact) mass is 1080 g/mol. The Morgan fingerprint density at radius 1 is 0.614 bits per heavy atom. The Morgan fingerprint density at radius 2 is 1.26 bits per heavy atom. The van der Waals surface area contributed by atoms with E-state index >= 15 is 0 Å². The van der Waals surface area contributed by atoms with Gasteiger partial charge in [0.15, 0.2) is 0 Å². The predicted molar refractivity (Wildman–Crippen MR) is 267 cm³/mol. The van der Waals surface area contributed by atoms with Crippen LogP contribution in [-0.2, 0) is 20.7 Å². The number of rotatable bonds is 14. The number of esters is 1. The number of tetrazole rings is 2. The van der Waals surface area contributed by atoms with E-state index in [4.69, 9.17) is 4.74 Å². The lowest BCUT2D eigenvalue weighted by Gasteiger charge is -2.19. The topological polar surface area (TPSA) is 283 Å². The Kier molecular flexibility index (Phi) is 12.6. The highest BCUT2D eigenvalue weighted by Crippen LogP contribution is 2.35. The standard InChI is InChI=1S/C47H32Br2N14O6S/c48-25-14-16-31(29(20-25)42-56-60-61-57-42)51-44(65)35-19-24-9-4-11-33(38(24)50-35)54-47(68)41(23-7-2-1-3-8-23)69-37(64)22-28-27-10-5-12-34(53-45(66)36-13-6-18-70-36)39(27)55-40(28)46(67)52-32-17-15-26(49)21-30(32)43-58-62-63-59-43/h1-21,41,50,55H,22H2,(H,51,65)(H,52,67)(H,53,66)(H,54,68)(H,56,57,60,61)(H,58,59,62,63). The van der Waals surface area contributed by atoms with Gasteiger partial charge in [-0.15, -0.1) is 31.7 Å². The number of hydrogen-bond acceptors (Lipinski definition) is 13. The van der Waals surface area contributed by atoms with Crippen molar-refractivity contribution in [1.29, 1.82) is 0 Å². The van der Waals surface area contributed by atoms with E-state index in [0.717, 1.165) is 4.47 Å². The summed E-state index contributed by atoms with van der Waals surface area (Å²) in [7, 11) is 0. The number of hydrogen-bond donors (Lipinski definition) is 8. The molecule has 0 saturated carbocycles. The van der Waals surface area contributed by atoms with Crippen molar-refractivity contribution < 1.29 is 28.7 Å². The third-order valence-electron chi connectivity index (χ3n) is 10.9. The number of anilines is 4. The summed E-state index contributed by atoms with van der Waals surface area (Å²) in [6.45, 7) is 0. The molecule has 23 heteroatoms. The third kappa shape index (κ3) is 9.43. The number of amides is 4. The van der Waals surface area contributed by atoms with E-state index in [2.05, 4.69) is 104 Å². The summed E-state index contributed by atoms with van der Waals surface area (Å²) in [4.78, 5) is 76.9. The van der Waals surface area contributed by atoms with Gasteiger partial charge >= 0.3 is 5.97 Å². The van der Waals surface area contributed by atoms with Crippen molar-refractivity contribution in [1.82, 2.24) is 51.2 Å². The number of nitrogens with one attached hydrogen (secondary N) is 8. The Bertz CT molecular complexity index is 3600. The maximum Gasteiger partial charge on any atom is 0.311 e. The van der Waals surface area contributed by atoms with Crippen molar-refractivity contribution in [2.75, 3.05) is 21.3 Å². The fourth-order valence-electron chi connectivity index (χ4n) is 7.69. The summed E-state index contributed by atoms with van der Waals surface area (Å²) < 4.78 is 7.48. The smallest absolute Gasteiger partial charge is 0.311 e. The molecule has 1 atom stereocenters. The van der Waals surface area contributed by atoms with Crippen LogP contribution in [0.15, 0.2) is 136 Å². The minimum absolute atomic E-state index is 0.0168. The van der Waals surface area contributed by atoms with Gasteiger partial charge in [0.25, 0.3) is 23.6 Å².